The maximum atomic E-state index is 12.5. The molecule has 0 spiro atoms. The average Bonchev–Trinajstić information content (AvgIpc) is 2.51. The molecule has 0 aliphatic carbocycles. The van der Waals surface area contributed by atoms with Gasteiger partial charge in [-0.1, -0.05) is 32.0 Å². The molecule has 1 aromatic carbocycles. The van der Waals surface area contributed by atoms with E-state index in [1.54, 1.807) is 17.0 Å². The summed E-state index contributed by atoms with van der Waals surface area (Å²) in [5.74, 6) is -0.300. The second-order valence-electron chi connectivity index (χ2n) is 5.57. The van der Waals surface area contributed by atoms with Crippen LogP contribution in [0.3, 0.4) is 0 Å². The van der Waals surface area contributed by atoms with Gasteiger partial charge in [0.25, 0.3) is 5.91 Å². The Balaban J connectivity index is 2.49. The van der Waals surface area contributed by atoms with Gasteiger partial charge in [-0.15, -0.1) is 0 Å². The maximum Gasteiger partial charge on any atom is 0.264 e. The fourth-order valence-electron chi connectivity index (χ4n) is 2.58. The number of rotatable bonds is 4. The summed E-state index contributed by atoms with van der Waals surface area (Å²) >= 11 is 0. The Morgan fingerprint density at radius 3 is 2.58 bits per heavy atom. The van der Waals surface area contributed by atoms with Crippen LogP contribution in [0.4, 0.5) is 5.69 Å². The largest absolute Gasteiger partial charge is 0.375 e. The zero-order valence-corrected chi connectivity index (χ0v) is 11.5. The van der Waals surface area contributed by atoms with Crippen molar-refractivity contribution in [3.05, 3.63) is 29.8 Å². The first-order valence-electron chi connectivity index (χ1n) is 6.49. The summed E-state index contributed by atoms with van der Waals surface area (Å²) in [7, 11) is 0. The number of amides is 1. The van der Waals surface area contributed by atoms with Gasteiger partial charge >= 0.3 is 0 Å². The molecule has 0 bridgehead atoms. The number of fused-ring (bicyclic) bond motifs is 1. The van der Waals surface area contributed by atoms with Crippen LogP contribution in [0.2, 0.25) is 0 Å². The highest BCUT2D eigenvalue weighted by Gasteiger charge is 2.50. The van der Waals surface area contributed by atoms with E-state index in [0.29, 0.717) is 17.8 Å². The topological polar surface area (TPSA) is 57.6 Å². The monoisotopic (exact) mass is 261 g/mol. The number of carbonyl (C=O) groups excluding carboxylic acids is 2. The smallest absolute Gasteiger partial charge is 0.264 e. The third-order valence-corrected chi connectivity index (χ3v) is 3.29. The van der Waals surface area contributed by atoms with E-state index in [-0.39, 0.29) is 18.1 Å². The first-order valence-corrected chi connectivity index (χ1v) is 6.49. The molecule has 1 aromatic rings. The van der Waals surface area contributed by atoms with E-state index in [0.717, 1.165) is 0 Å². The molecule has 0 radical (unpaired) electrons. The van der Waals surface area contributed by atoms with E-state index in [2.05, 4.69) is 0 Å². The number of ketones is 1. The highest BCUT2D eigenvalue weighted by Crippen LogP contribution is 2.42. The number of carbonyl (C=O) groups is 2. The third kappa shape index (κ3) is 2.28. The summed E-state index contributed by atoms with van der Waals surface area (Å²) in [5.41, 5.74) is -0.446. The lowest BCUT2D eigenvalue weighted by molar-refractivity contribution is -0.141. The fraction of sp³-hybridized carbons (Fsp3) is 0.467. The molecule has 4 nitrogen and oxygen atoms in total. The molecular formula is C15H19NO3. The van der Waals surface area contributed by atoms with Crippen molar-refractivity contribution in [1.29, 1.82) is 0 Å². The lowest BCUT2D eigenvalue weighted by Crippen LogP contribution is -2.42. The summed E-state index contributed by atoms with van der Waals surface area (Å²) in [6.45, 7) is 5.95. The minimum atomic E-state index is -1.70. The summed E-state index contributed by atoms with van der Waals surface area (Å²) in [5, 5.41) is 10.7. The van der Waals surface area contributed by atoms with E-state index in [1.807, 2.05) is 26.0 Å². The van der Waals surface area contributed by atoms with Gasteiger partial charge in [0, 0.05) is 18.5 Å². The molecule has 1 amide bonds. The van der Waals surface area contributed by atoms with Crippen LogP contribution in [0.5, 0.6) is 0 Å². The average molecular weight is 261 g/mol. The molecule has 1 atom stereocenters. The van der Waals surface area contributed by atoms with Crippen molar-refractivity contribution in [2.45, 2.75) is 32.8 Å². The Hall–Kier alpha value is -1.68. The van der Waals surface area contributed by atoms with Gasteiger partial charge in [-0.2, -0.15) is 0 Å². The summed E-state index contributed by atoms with van der Waals surface area (Å²) in [4.78, 5) is 25.4. The van der Waals surface area contributed by atoms with E-state index < -0.39 is 11.5 Å². The molecule has 19 heavy (non-hydrogen) atoms. The van der Waals surface area contributed by atoms with Crippen molar-refractivity contribution in [2.75, 3.05) is 11.4 Å². The maximum absolute atomic E-state index is 12.5. The molecule has 0 fully saturated rings. The number of aliphatic hydroxyl groups is 1. The SMILES string of the molecule is CC(=O)CC1(O)C(=O)N(CC(C)C)c2ccccc21. The van der Waals surface area contributed by atoms with Gasteiger partial charge in [0.1, 0.15) is 5.78 Å². The number of benzene rings is 1. The van der Waals surface area contributed by atoms with Crippen LogP contribution in [-0.2, 0) is 15.2 Å². The van der Waals surface area contributed by atoms with Crippen LogP contribution in [0.25, 0.3) is 0 Å². The zero-order chi connectivity index (χ0) is 14.2. The quantitative estimate of drug-likeness (QED) is 0.900. The van der Waals surface area contributed by atoms with Crippen molar-refractivity contribution in [3.8, 4) is 0 Å². The summed E-state index contributed by atoms with van der Waals surface area (Å²) < 4.78 is 0. The highest BCUT2D eigenvalue weighted by atomic mass is 16.3. The van der Waals surface area contributed by atoms with Crippen molar-refractivity contribution in [3.63, 3.8) is 0 Å². The van der Waals surface area contributed by atoms with Crippen LogP contribution in [0.1, 0.15) is 32.8 Å². The third-order valence-electron chi connectivity index (χ3n) is 3.29. The molecule has 1 heterocycles. The Labute approximate surface area is 113 Å². The van der Waals surface area contributed by atoms with Crippen molar-refractivity contribution in [1.82, 2.24) is 0 Å². The molecular weight excluding hydrogens is 242 g/mol. The first kappa shape index (κ1) is 13.7. The Kier molecular flexibility index (Phi) is 3.45. The second-order valence-corrected chi connectivity index (χ2v) is 5.57. The van der Waals surface area contributed by atoms with Crippen LogP contribution >= 0.6 is 0 Å². The molecule has 2 rings (SSSR count). The number of hydrogen-bond acceptors (Lipinski definition) is 3. The van der Waals surface area contributed by atoms with Crippen LogP contribution in [0.15, 0.2) is 24.3 Å². The van der Waals surface area contributed by atoms with Gasteiger partial charge in [0.05, 0.1) is 5.69 Å². The predicted octanol–water partition coefficient (Wildman–Crippen LogP) is 1.86. The number of hydrogen-bond donors (Lipinski definition) is 1. The second kappa shape index (κ2) is 4.78. The summed E-state index contributed by atoms with van der Waals surface area (Å²) in [6.07, 6.45) is -0.169. The lowest BCUT2D eigenvalue weighted by atomic mass is 9.90. The van der Waals surface area contributed by atoms with Crippen LogP contribution in [0, 0.1) is 5.92 Å². The Morgan fingerprint density at radius 1 is 1.37 bits per heavy atom. The van der Waals surface area contributed by atoms with E-state index >= 15 is 0 Å². The molecule has 1 N–H and O–H groups in total. The predicted molar refractivity (Wildman–Crippen MR) is 72.8 cm³/mol. The number of nitrogens with zero attached hydrogens (tertiary/aromatic N) is 1. The van der Waals surface area contributed by atoms with Gasteiger partial charge in [-0.25, -0.2) is 0 Å². The van der Waals surface area contributed by atoms with Crippen molar-refractivity contribution in [2.24, 2.45) is 5.92 Å². The minimum absolute atomic E-state index is 0.169. The van der Waals surface area contributed by atoms with Gasteiger partial charge in [0.2, 0.25) is 0 Å². The fourth-order valence-corrected chi connectivity index (χ4v) is 2.58. The lowest BCUT2D eigenvalue weighted by Gasteiger charge is -2.23. The van der Waals surface area contributed by atoms with Crippen molar-refractivity contribution >= 4 is 17.4 Å². The first-order chi connectivity index (χ1) is 8.86. The Bertz CT molecular complexity index is 524. The molecule has 0 saturated carbocycles. The molecule has 1 aliphatic rings. The Morgan fingerprint density at radius 2 is 2.00 bits per heavy atom. The van der Waals surface area contributed by atoms with E-state index in [9.17, 15) is 14.7 Å². The van der Waals surface area contributed by atoms with Crippen LogP contribution in [-0.4, -0.2) is 23.3 Å². The van der Waals surface area contributed by atoms with E-state index in [4.69, 9.17) is 0 Å². The molecule has 4 heteroatoms. The summed E-state index contributed by atoms with van der Waals surface area (Å²) in [6, 6.07) is 7.14. The highest BCUT2D eigenvalue weighted by molar-refractivity contribution is 6.08. The van der Waals surface area contributed by atoms with Crippen molar-refractivity contribution < 1.29 is 14.7 Å². The number of Topliss-reactive ketones (excluding diaryl/α,β-unsaturated/α-hetero) is 1. The standard InChI is InChI=1S/C15H19NO3/c1-10(2)9-16-13-7-5-4-6-12(13)15(19,14(16)18)8-11(3)17/h4-7,10,19H,8-9H2,1-3H3. The van der Waals surface area contributed by atoms with Gasteiger partial charge in [0.15, 0.2) is 5.60 Å². The van der Waals surface area contributed by atoms with Crippen LogP contribution < -0.4 is 4.90 Å². The molecule has 0 saturated heterocycles. The van der Waals surface area contributed by atoms with Gasteiger partial charge in [-0.05, 0) is 18.9 Å². The molecule has 102 valence electrons. The number of anilines is 1. The molecule has 0 aromatic heterocycles. The van der Waals surface area contributed by atoms with Gasteiger partial charge < -0.3 is 10.0 Å². The molecule has 1 unspecified atom stereocenters. The van der Waals surface area contributed by atoms with E-state index in [1.165, 1.54) is 6.92 Å². The normalized spacial score (nSPS) is 21.9. The number of para-hydroxylation sites is 1. The van der Waals surface area contributed by atoms with Gasteiger partial charge in [-0.3, -0.25) is 9.59 Å². The molecule has 1 aliphatic heterocycles. The zero-order valence-electron chi connectivity index (χ0n) is 11.5. The minimum Gasteiger partial charge on any atom is -0.375 e.